The molecule has 3 heterocycles. The Morgan fingerprint density at radius 3 is 3.28 bits per heavy atom. The van der Waals surface area contributed by atoms with Gasteiger partial charge in [0.15, 0.2) is 0 Å². The van der Waals surface area contributed by atoms with Crippen molar-refractivity contribution in [1.29, 1.82) is 0 Å². The van der Waals surface area contributed by atoms with E-state index in [0.29, 0.717) is 5.89 Å². The highest BCUT2D eigenvalue weighted by atomic mass is 32.1. The zero-order chi connectivity index (χ0) is 12.4. The van der Waals surface area contributed by atoms with Crippen LogP contribution in [0.3, 0.4) is 0 Å². The summed E-state index contributed by atoms with van der Waals surface area (Å²) in [4.78, 5) is 7.84. The summed E-state index contributed by atoms with van der Waals surface area (Å²) in [6, 6.07) is 4.28. The lowest BCUT2D eigenvalue weighted by Crippen LogP contribution is -2.31. The fourth-order valence-corrected chi connectivity index (χ4v) is 3.07. The first-order chi connectivity index (χ1) is 8.86. The zero-order valence-electron chi connectivity index (χ0n) is 10.1. The standard InChI is InChI=1S/C13H16N2O2S/c16-8-11-3-1-5-15(11)7-10-9-17-13(14-10)12-4-2-6-18-12/h2,4,6,9,11,16H,1,3,5,7-8H2/t11-/m1/s1. The van der Waals surface area contributed by atoms with E-state index in [1.54, 1.807) is 17.6 Å². The molecule has 96 valence electrons. The minimum Gasteiger partial charge on any atom is -0.444 e. The smallest absolute Gasteiger partial charge is 0.236 e. The van der Waals surface area contributed by atoms with Crippen LogP contribution in [0.1, 0.15) is 18.5 Å². The number of hydrogen-bond donors (Lipinski definition) is 1. The van der Waals surface area contributed by atoms with Crippen LogP contribution in [0.5, 0.6) is 0 Å². The lowest BCUT2D eigenvalue weighted by atomic mass is 10.2. The van der Waals surface area contributed by atoms with Gasteiger partial charge in [0.05, 0.1) is 17.2 Å². The van der Waals surface area contributed by atoms with E-state index in [9.17, 15) is 5.11 Å². The number of aliphatic hydroxyl groups excluding tert-OH is 1. The first-order valence-electron chi connectivity index (χ1n) is 6.20. The monoisotopic (exact) mass is 264 g/mol. The van der Waals surface area contributed by atoms with Crippen molar-refractivity contribution in [3.63, 3.8) is 0 Å². The van der Waals surface area contributed by atoms with E-state index < -0.39 is 0 Å². The van der Waals surface area contributed by atoms with Crippen LogP contribution in [0.4, 0.5) is 0 Å². The molecule has 0 spiro atoms. The molecule has 2 aromatic rings. The van der Waals surface area contributed by atoms with Crippen LogP contribution >= 0.6 is 11.3 Å². The molecule has 4 nitrogen and oxygen atoms in total. The molecule has 2 aromatic heterocycles. The third-order valence-corrected chi connectivity index (χ3v) is 4.22. The summed E-state index contributed by atoms with van der Waals surface area (Å²) >= 11 is 1.63. The number of thiophene rings is 1. The molecule has 0 aromatic carbocycles. The Hall–Kier alpha value is -1.17. The lowest BCUT2D eigenvalue weighted by molar-refractivity contribution is 0.152. The quantitative estimate of drug-likeness (QED) is 0.921. The Morgan fingerprint density at radius 2 is 2.50 bits per heavy atom. The number of aliphatic hydroxyl groups is 1. The molecule has 1 fully saturated rings. The van der Waals surface area contributed by atoms with Crippen LogP contribution in [0.25, 0.3) is 10.8 Å². The molecule has 1 N–H and O–H groups in total. The number of rotatable bonds is 4. The van der Waals surface area contributed by atoms with Gasteiger partial charge in [0, 0.05) is 12.6 Å². The van der Waals surface area contributed by atoms with Gasteiger partial charge in [-0.1, -0.05) is 6.07 Å². The van der Waals surface area contributed by atoms with Gasteiger partial charge in [-0.2, -0.15) is 0 Å². The Morgan fingerprint density at radius 1 is 1.56 bits per heavy atom. The summed E-state index contributed by atoms with van der Waals surface area (Å²) in [6.07, 6.45) is 3.95. The highest BCUT2D eigenvalue weighted by molar-refractivity contribution is 7.13. The number of nitrogens with zero attached hydrogens (tertiary/aromatic N) is 2. The van der Waals surface area contributed by atoms with Gasteiger partial charge in [0.25, 0.3) is 0 Å². The van der Waals surface area contributed by atoms with Crippen molar-refractivity contribution < 1.29 is 9.52 Å². The molecular weight excluding hydrogens is 248 g/mol. The fourth-order valence-electron chi connectivity index (χ4n) is 2.41. The SMILES string of the molecule is OC[C@H]1CCCN1Cc1coc(-c2cccs2)n1. The molecule has 1 aliphatic rings. The van der Waals surface area contributed by atoms with Crippen LogP contribution in [-0.4, -0.2) is 34.2 Å². The fraction of sp³-hybridized carbons (Fsp3) is 0.462. The van der Waals surface area contributed by atoms with Crippen molar-refractivity contribution in [2.45, 2.75) is 25.4 Å². The van der Waals surface area contributed by atoms with Crippen molar-refractivity contribution in [2.75, 3.05) is 13.2 Å². The van der Waals surface area contributed by atoms with E-state index in [4.69, 9.17) is 4.42 Å². The van der Waals surface area contributed by atoms with Crippen molar-refractivity contribution in [3.8, 4) is 10.8 Å². The molecule has 0 unspecified atom stereocenters. The number of oxazole rings is 1. The van der Waals surface area contributed by atoms with Crippen molar-refractivity contribution in [3.05, 3.63) is 29.5 Å². The predicted molar refractivity (Wildman–Crippen MR) is 70.3 cm³/mol. The molecule has 3 rings (SSSR count). The molecule has 18 heavy (non-hydrogen) atoms. The third-order valence-electron chi connectivity index (χ3n) is 3.36. The number of aromatic nitrogens is 1. The van der Waals surface area contributed by atoms with Gasteiger partial charge in [0.1, 0.15) is 6.26 Å². The Labute approximate surface area is 110 Å². The zero-order valence-corrected chi connectivity index (χ0v) is 10.9. The van der Waals surface area contributed by atoms with E-state index in [0.717, 1.165) is 36.5 Å². The lowest BCUT2D eigenvalue weighted by Gasteiger charge is -2.20. The highest BCUT2D eigenvalue weighted by Gasteiger charge is 2.24. The average Bonchev–Trinajstić information content (AvgIpc) is 3.10. The topological polar surface area (TPSA) is 49.5 Å². The minimum atomic E-state index is 0.232. The maximum Gasteiger partial charge on any atom is 0.236 e. The second-order valence-electron chi connectivity index (χ2n) is 4.57. The van der Waals surface area contributed by atoms with Crippen molar-refractivity contribution in [1.82, 2.24) is 9.88 Å². The second-order valence-corrected chi connectivity index (χ2v) is 5.52. The van der Waals surface area contributed by atoms with Gasteiger partial charge in [-0.25, -0.2) is 4.98 Å². The van der Waals surface area contributed by atoms with Crippen LogP contribution < -0.4 is 0 Å². The van der Waals surface area contributed by atoms with E-state index >= 15 is 0 Å². The molecule has 0 radical (unpaired) electrons. The molecule has 1 atom stereocenters. The Bertz CT molecular complexity index is 495. The van der Waals surface area contributed by atoms with Gasteiger partial charge in [-0.15, -0.1) is 11.3 Å². The third kappa shape index (κ3) is 2.34. The average molecular weight is 264 g/mol. The molecule has 0 saturated carbocycles. The summed E-state index contributed by atoms with van der Waals surface area (Å²) < 4.78 is 5.50. The summed E-state index contributed by atoms with van der Waals surface area (Å²) in [6.45, 7) is 2.03. The molecule has 1 saturated heterocycles. The van der Waals surface area contributed by atoms with E-state index in [2.05, 4.69) is 9.88 Å². The van der Waals surface area contributed by atoms with Crippen LogP contribution in [0.2, 0.25) is 0 Å². The summed E-state index contributed by atoms with van der Waals surface area (Å²) in [5.41, 5.74) is 0.943. The number of likely N-dealkylation sites (tertiary alicyclic amines) is 1. The normalized spacial score (nSPS) is 20.6. The second kappa shape index (κ2) is 5.22. The molecule has 0 aliphatic carbocycles. The molecule has 5 heteroatoms. The molecule has 1 aliphatic heterocycles. The summed E-state index contributed by atoms with van der Waals surface area (Å²) in [7, 11) is 0. The predicted octanol–water partition coefficient (Wildman–Crippen LogP) is 2.36. The number of hydrogen-bond acceptors (Lipinski definition) is 5. The van der Waals surface area contributed by atoms with E-state index in [-0.39, 0.29) is 12.6 Å². The first kappa shape index (κ1) is 11.9. The van der Waals surface area contributed by atoms with Crippen molar-refractivity contribution >= 4 is 11.3 Å². The summed E-state index contributed by atoms with van der Waals surface area (Å²) in [5.74, 6) is 0.694. The first-order valence-corrected chi connectivity index (χ1v) is 7.08. The summed E-state index contributed by atoms with van der Waals surface area (Å²) in [5, 5.41) is 11.3. The molecule has 0 bridgehead atoms. The van der Waals surface area contributed by atoms with Crippen LogP contribution in [0, 0.1) is 0 Å². The van der Waals surface area contributed by atoms with E-state index in [1.807, 2.05) is 17.5 Å². The largest absolute Gasteiger partial charge is 0.444 e. The van der Waals surface area contributed by atoms with Crippen molar-refractivity contribution in [2.24, 2.45) is 0 Å². The molecular formula is C13H16N2O2S. The molecule has 0 amide bonds. The van der Waals surface area contributed by atoms with Gasteiger partial charge in [0.2, 0.25) is 5.89 Å². The van der Waals surface area contributed by atoms with Gasteiger partial charge < -0.3 is 9.52 Å². The Kier molecular flexibility index (Phi) is 3.45. The maximum atomic E-state index is 9.29. The maximum absolute atomic E-state index is 9.29. The minimum absolute atomic E-state index is 0.232. The highest BCUT2D eigenvalue weighted by Crippen LogP contribution is 2.25. The van der Waals surface area contributed by atoms with Gasteiger partial charge in [-0.05, 0) is 30.8 Å². The van der Waals surface area contributed by atoms with E-state index in [1.165, 1.54) is 0 Å². The van der Waals surface area contributed by atoms with Crippen LogP contribution in [0.15, 0.2) is 28.2 Å². The van der Waals surface area contributed by atoms with Gasteiger partial charge >= 0.3 is 0 Å². The van der Waals surface area contributed by atoms with Crippen LogP contribution in [-0.2, 0) is 6.54 Å². The Balaban J connectivity index is 1.70. The van der Waals surface area contributed by atoms with Gasteiger partial charge in [-0.3, -0.25) is 4.90 Å².